The van der Waals surface area contributed by atoms with E-state index >= 15 is 0 Å². The van der Waals surface area contributed by atoms with E-state index in [1.165, 1.54) is 17.5 Å². The van der Waals surface area contributed by atoms with Crippen LogP contribution in [0.5, 0.6) is 0 Å². The molecule has 5 heteroatoms. The van der Waals surface area contributed by atoms with Crippen LogP contribution in [0.2, 0.25) is 0 Å². The Hall–Kier alpha value is -2.35. The number of urea groups is 1. The lowest BCUT2D eigenvalue weighted by Crippen LogP contribution is -2.50. The Morgan fingerprint density at radius 1 is 1.38 bits per heavy atom. The summed E-state index contributed by atoms with van der Waals surface area (Å²) in [6.45, 7) is 7.32. The van der Waals surface area contributed by atoms with E-state index in [0.29, 0.717) is 30.9 Å². The van der Waals surface area contributed by atoms with Gasteiger partial charge in [-0.15, -0.1) is 12.3 Å². The summed E-state index contributed by atoms with van der Waals surface area (Å²) in [5.74, 6) is 2.76. The fourth-order valence-electron chi connectivity index (χ4n) is 5.78. The standard InChI is InChI=1S/C24H30FN3O/c1-5-6-11-20-18(17-9-7-8-10-19(17)25)15-28(27-20)22(29)26-21-14-16-12-13-24(21,4)23(16,2)3/h1,7-10,16,18,21H,6,11-15H2,2-4H3,(H,26,29)/t16?,18?,21-,24?/m0/s1. The number of amides is 2. The summed E-state index contributed by atoms with van der Waals surface area (Å²) in [6.07, 6.45) is 9.92. The average molecular weight is 396 g/mol. The van der Waals surface area contributed by atoms with Crippen molar-refractivity contribution in [1.29, 1.82) is 0 Å². The quantitative estimate of drug-likeness (QED) is 0.723. The molecule has 4 rings (SSSR count). The predicted molar refractivity (Wildman–Crippen MR) is 113 cm³/mol. The first-order chi connectivity index (χ1) is 13.8. The van der Waals surface area contributed by atoms with Gasteiger partial charge >= 0.3 is 6.03 Å². The number of terminal acetylenes is 1. The molecule has 2 bridgehead atoms. The molecule has 2 aliphatic carbocycles. The molecular weight excluding hydrogens is 365 g/mol. The average Bonchev–Trinajstić information content (AvgIpc) is 3.26. The molecular formula is C24H30FN3O. The Kier molecular flexibility index (Phi) is 4.93. The first-order valence-corrected chi connectivity index (χ1v) is 10.6. The van der Waals surface area contributed by atoms with Gasteiger partial charge in [0.15, 0.2) is 0 Å². The van der Waals surface area contributed by atoms with Gasteiger partial charge in [-0.25, -0.2) is 14.2 Å². The van der Waals surface area contributed by atoms with Crippen molar-refractivity contribution in [2.24, 2.45) is 21.8 Å². The van der Waals surface area contributed by atoms with E-state index in [2.05, 4.69) is 37.1 Å². The number of hydrogen-bond donors (Lipinski definition) is 1. The Morgan fingerprint density at radius 3 is 2.76 bits per heavy atom. The molecule has 0 saturated heterocycles. The number of hydrogen-bond acceptors (Lipinski definition) is 2. The van der Waals surface area contributed by atoms with Crippen LogP contribution in [0.3, 0.4) is 0 Å². The lowest BCUT2D eigenvalue weighted by molar-refractivity contribution is 0.118. The number of halogens is 1. The van der Waals surface area contributed by atoms with E-state index in [0.717, 1.165) is 18.6 Å². The van der Waals surface area contributed by atoms with Gasteiger partial charge in [-0.3, -0.25) is 0 Å². The van der Waals surface area contributed by atoms with Crippen LogP contribution < -0.4 is 5.32 Å². The molecule has 3 unspecified atom stereocenters. The third-order valence-electron chi connectivity index (χ3n) is 8.14. The molecule has 1 aliphatic heterocycles. The number of rotatable bonds is 4. The molecule has 0 spiro atoms. The van der Waals surface area contributed by atoms with Gasteiger partial charge < -0.3 is 5.32 Å². The second-order valence-electron chi connectivity index (χ2n) is 9.56. The maximum atomic E-state index is 14.4. The summed E-state index contributed by atoms with van der Waals surface area (Å²) < 4.78 is 14.4. The van der Waals surface area contributed by atoms with E-state index in [9.17, 15) is 9.18 Å². The Labute approximate surface area is 172 Å². The van der Waals surface area contributed by atoms with Gasteiger partial charge in [-0.2, -0.15) is 5.10 Å². The van der Waals surface area contributed by atoms with Crippen molar-refractivity contribution < 1.29 is 9.18 Å². The second kappa shape index (κ2) is 7.16. The molecule has 1 N–H and O–H groups in total. The zero-order chi connectivity index (χ0) is 20.8. The van der Waals surface area contributed by atoms with Crippen molar-refractivity contribution in [3.8, 4) is 12.3 Å². The van der Waals surface area contributed by atoms with Crippen LogP contribution in [0.1, 0.15) is 64.4 Å². The number of nitrogens with zero attached hydrogens (tertiary/aromatic N) is 2. The molecule has 4 atom stereocenters. The molecule has 3 aliphatic rings. The van der Waals surface area contributed by atoms with Crippen LogP contribution in [0, 0.1) is 34.9 Å². The van der Waals surface area contributed by atoms with Gasteiger partial charge in [0.1, 0.15) is 5.82 Å². The van der Waals surface area contributed by atoms with Crippen molar-refractivity contribution in [3.05, 3.63) is 35.6 Å². The van der Waals surface area contributed by atoms with Crippen LogP contribution in [0.15, 0.2) is 29.4 Å². The SMILES string of the molecule is C#CCCC1=NN(C(=O)N[C@H]2CC3CCC2(C)C3(C)C)CC1c1ccccc1F. The molecule has 0 radical (unpaired) electrons. The van der Waals surface area contributed by atoms with Gasteiger partial charge in [0, 0.05) is 24.1 Å². The van der Waals surface area contributed by atoms with Crippen LogP contribution in [-0.4, -0.2) is 29.3 Å². The Balaban J connectivity index is 1.51. The van der Waals surface area contributed by atoms with Crippen molar-refractivity contribution in [2.75, 3.05) is 6.54 Å². The van der Waals surface area contributed by atoms with Gasteiger partial charge in [-0.1, -0.05) is 39.0 Å². The summed E-state index contributed by atoms with van der Waals surface area (Å²) in [5, 5.41) is 9.30. The third kappa shape index (κ3) is 3.13. The molecule has 1 aromatic rings. The molecule has 0 aromatic heterocycles. The molecule has 1 heterocycles. The monoisotopic (exact) mass is 395 g/mol. The van der Waals surface area contributed by atoms with E-state index < -0.39 is 0 Å². The second-order valence-corrected chi connectivity index (χ2v) is 9.56. The van der Waals surface area contributed by atoms with Gasteiger partial charge in [0.2, 0.25) is 0 Å². The smallest absolute Gasteiger partial charge is 0.333 e. The van der Waals surface area contributed by atoms with E-state index in [-0.39, 0.29) is 34.6 Å². The fraction of sp³-hybridized carbons (Fsp3) is 0.583. The minimum atomic E-state index is -0.268. The Bertz CT molecular complexity index is 886. The number of carbonyl (C=O) groups excluding carboxylic acids is 1. The van der Waals surface area contributed by atoms with Crippen LogP contribution in [0.4, 0.5) is 9.18 Å². The first-order valence-electron chi connectivity index (χ1n) is 10.6. The number of hydrazone groups is 1. The van der Waals surface area contributed by atoms with E-state index in [1.54, 1.807) is 12.1 Å². The summed E-state index contributed by atoms with van der Waals surface area (Å²) >= 11 is 0. The molecule has 154 valence electrons. The molecule has 29 heavy (non-hydrogen) atoms. The van der Waals surface area contributed by atoms with Crippen LogP contribution in [0.25, 0.3) is 0 Å². The zero-order valence-electron chi connectivity index (χ0n) is 17.5. The fourth-order valence-corrected chi connectivity index (χ4v) is 5.78. The maximum absolute atomic E-state index is 14.4. The first kappa shape index (κ1) is 19.9. The minimum absolute atomic E-state index is 0.105. The van der Waals surface area contributed by atoms with Crippen molar-refractivity contribution in [2.45, 2.75) is 64.8 Å². The minimum Gasteiger partial charge on any atom is -0.333 e. The molecule has 2 fully saturated rings. The largest absolute Gasteiger partial charge is 0.338 e. The van der Waals surface area contributed by atoms with E-state index in [1.807, 2.05) is 6.07 Å². The predicted octanol–water partition coefficient (Wildman–Crippen LogP) is 4.92. The van der Waals surface area contributed by atoms with Crippen molar-refractivity contribution in [1.82, 2.24) is 10.3 Å². The normalized spacial score (nSPS) is 32.2. The third-order valence-corrected chi connectivity index (χ3v) is 8.14. The van der Waals surface area contributed by atoms with Crippen molar-refractivity contribution >= 4 is 11.7 Å². The van der Waals surface area contributed by atoms with Crippen LogP contribution >= 0.6 is 0 Å². The summed E-state index contributed by atoms with van der Waals surface area (Å²) in [4.78, 5) is 13.1. The zero-order valence-corrected chi connectivity index (χ0v) is 17.5. The lowest BCUT2D eigenvalue weighted by atomic mass is 9.69. The van der Waals surface area contributed by atoms with Gasteiger partial charge in [-0.05, 0) is 54.1 Å². The summed E-state index contributed by atoms with van der Waals surface area (Å²) in [7, 11) is 0. The number of fused-ring (bicyclic) bond motifs is 2. The topological polar surface area (TPSA) is 44.7 Å². The highest BCUT2D eigenvalue weighted by Gasteiger charge is 2.61. The number of nitrogens with one attached hydrogen (secondary N) is 1. The number of benzene rings is 1. The van der Waals surface area contributed by atoms with Gasteiger partial charge in [0.05, 0.1) is 6.54 Å². The highest BCUT2D eigenvalue weighted by molar-refractivity contribution is 5.95. The highest BCUT2D eigenvalue weighted by atomic mass is 19.1. The van der Waals surface area contributed by atoms with Crippen molar-refractivity contribution in [3.63, 3.8) is 0 Å². The van der Waals surface area contributed by atoms with Crippen LogP contribution in [-0.2, 0) is 0 Å². The highest BCUT2D eigenvalue weighted by Crippen LogP contribution is 2.65. The van der Waals surface area contributed by atoms with E-state index in [4.69, 9.17) is 6.42 Å². The summed E-state index contributed by atoms with van der Waals surface area (Å²) in [6, 6.07) is 6.69. The lowest BCUT2D eigenvalue weighted by Gasteiger charge is -2.39. The molecule has 4 nitrogen and oxygen atoms in total. The molecule has 2 amide bonds. The van der Waals surface area contributed by atoms with Gasteiger partial charge in [0.25, 0.3) is 0 Å². The number of carbonyl (C=O) groups is 1. The maximum Gasteiger partial charge on any atom is 0.338 e. The molecule has 1 aromatic carbocycles. The summed E-state index contributed by atoms with van der Waals surface area (Å²) in [5.41, 5.74) is 1.69. The Morgan fingerprint density at radius 2 is 2.14 bits per heavy atom. The molecule has 2 saturated carbocycles.